The standard InChI is InChI=1S/C12H18Br6/c13-7-5-3-1-2-4-6-8(14)10(16)12(18)11(17)9(7)15/h7-12H,1-6H2/t7-,8-,9-,10+,11+,12+/m1/s1. The van der Waals surface area contributed by atoms with Gasteiger partial charge in [-0.2, -0.15) is 0 Å². The second-order valence-electron chi connectivity index (χ2n) is 4.80. The molecule has 0 unspecified atom stereocenters. The molecule has 1 rings (SSSR count). The Morgan fingerprint density at radius 1 is 0.444 bits per heavy atom. The van der Waals surface area contributed by atoms with Crippen LogP contribution in [0.15, 0.2) is 0 Å². The van der Waals surface area contributed by atoms with E-state index in [0.717, 1.165) is 0 Å². The van der Waals surface area contributed by atoms with Crippen molar-refractivity contribution >= 4 is 95.6 Å². The van der Waals surface area contributed by atoms with Crippen LogP contribution in [0.1, 0.15) is 38.5 Å². The molecule has 18 heavy (non-hydrogen) atoms. The summed E-state index contributed by atoms with van der Waals surface area (Å²) in [5.41, 5.74) is 0. The normalized spacial score (nSPS) is 45.0. The molecular weight excluding hydrogens is 624 g/mol. The summed E-state index contributed by atoms with van der Waals surface area (Å²) in [4.78, 5) is 2.70. The van der Waals surface area contributed by atoms with Crippen LogP contribution < -0.4 is 0 Å². The summed E-state index contributed by atoms with van der Waals surface area (Å²) in [6.45, 7) is 0. The minimum absolute atomic E-state index is 0.394. The first-order chi connectivity index (χ1) is 8.45. The first kappa shape index (κ1) is 18.9. The van der Waals surface area contributed by atoms with E-state index < -0.39 is 0 Å². The van der Waals surface area contributed by atoms with Crippen LogP contribution in [0.25, 0.3) is 0 Å². The van der Waals surface area contributed by atoms with Gasteiger partial charge in [0.15, 0.2) is 0 Å². The van der Waals surface area contributed by atoms with Crippen LogP contribution in [0.3, 0.4) is 0 Å². The summed E-state index contributed by atoms with van der Waals surface area (Å²) < 4.78 is 0. The summed E-state index contributed by atoms with van der Waals surface area (Å²) >= 11 is 23.0. The SMILES string of the molecule is Br[C@@H]1[C@@H](Br)[C@H](Br)[C@H](Br)CCCCCC[C@@H](Br)[C@@H]1Br. The molecule has 1 saturated carbocycles. The molecule has 0 aromatic heterocycles. The molecule has 108 valence electrons. The fourth-order valence-electron chi connectivity index (χ4n) is 2.10. The molecule has 0 saturated heterocycles. The highest BCUT2D eigenvalue weighted by molar-refractivity contribution is 9.15. The van der Waals surface area contributed by atoms with Gasteiger partial charge in [-0.3, -0.25) is 0 Å². The molecule has 0 N–H and O–H groups in total. The van der Waals surface area contributed by atoms with E-state index in [1.165, 1.54) is 38.5 Å². The number of alkyl halides is 6. The molecule has 0 bridgehead atoms. The Morgan fingerprint density at radius 2 is 0.778 bits per heavy atom. The zero-order chi connectivity index (χ0) is 13.7. The van der Waals surface area contributed by atoms with E-state index in [2.05, 4.69) is 95.6 Å². The average molecular weight is 642 g/mol. The molecule has 0 radical (unpaired) electrons. The summed E-state index contributed by atoms with van der Waals surface area (Å²) in [6.07, 6.45) is 7.80. The summed E-state index contributed by atoms with van der Waals surface area (Å²) in [6, 6.07) is 0. The predicted octanol–water partition coefficient (Wildman–Crippen LogP) is 6.92. The van der Waals surface area contributed by atoms with E-state index in [1.807, 2.05) is 0 Å². The molecule has 6 atom stereocenters. The van der Waals surface area contributed by atoms with Crippen molar-refractivity contribution in [3.05, 3.63) is 0 Å². The lowest BCUT2D eigenvalue weighted by Gasteiger charge is -2.31. The Hall–Kier alpha value is 2.88. The first-order valence-electron chi connectivity index (χ1n) is 6.29. The molecule has 1 aliphatic rings. The van der Waals surface area contributed by atoms with E-state index in [1.54, 1.807) is 0 Å². The van der Waals surface area contributed by atoms with E-state index in [0.29, 0.717) is 29.0 Å². The molecule has 0 aromatic rings. The molecule has 0 aromatic carbocycles. The van der Waals surface area contributed by atoms with Crippen molar-refractivity contribution in [3.63, 3.8) is 0 Å². The van der Waals surface area contributed by atoms with Gasteiger partial charge in [-0.15, -0.1) is 0 Å². The number of rotatable bonds is 0. The molecular formula is C12H18Br6. The molecule has 0 heterocycles. The molecule has 1 aliphatic carbocycles. The highest BCUT2D eigenvalue weighted by atomic mass is 79.9. The zero-order valence-electron chi connectivity index (χ0n) is 9.97. The third kappa shape index (κ3) is 5.94. The van der Waals surface area contributed by atoms with Crippen LogP contribution in [0, 0.1) is 0 Å². The van der Waals surface area contributed by atoms with Crippen LogP contribution in [0.4, 0.5) is 0 Å². The van der Waals surface area contributed by atoms with Gasteiger partial charge in [-0.25, -0.2) is 0 Å². The van der Waals surface area contributed by atoms with Crippen molar-refractivity contribution < 1.29 is 0 Å². The van der Waals surface area contributed by atoms with Crippen LogP contribution in [0.5, 0.6) is 0 Å². The van der Waals surface area contributed by atoms with Crippen LogP contribution in [-0.4, -0.2) is 29.0 Å². The van der Waals surface area contributed by atoms with E-state index in [-0.39, 0.29) is 0 Å². The van der Waals surface area contributed by atoms with Crippen molar-refractivity contribution in [2.75, 3.05) is 0 Å². The van der Waals surface area contributed by atoms with Crippen LogP contribution in [-0.2, 0) is 0 Å². The topological polar surface area (TPSA) is 0 Å². The Labute approximate surface area is 161 Å². The highest BCUT2D eigenvalue weighted by Gasteiger charge is 2.35. The summed E-state index contributed by atoms with van der Waals surface area (Å²) in [5.74, 6) is 0. The fourth-order valence-corrected chi connectivity index (χ4v) is 7.63. The van der Waals surface area contributed by atoms with Crippen molar-refractivity contribution in [2.45, 2.75) is 67.5 Å². The Morgan fingerprint density at radius 3 is 1.11 bits per heavy atom. The van der Waals surface area contributed by atoms with E-state index in [4.69, 9.17) is 0 Å². The number of hydrogen-bond acceptors (Lipinski definition) is 0. The molecule has 6 heteroatoms. The Kier molecular flexibility index (Phi) is 10.3. The van der Waals surface area contributed by atoms with Gasteiger partial charge >= 0.3 is 0 Å². The van der Waals surface area contributed by atoms with Gasteiger partial charge in [-0.1, -0.05) is 121 Å². The van der Waals surface area contributed by atoms with E-state index >= 15 is 0 Å². The number of halogens is 6. The van der Waals surface area contributed by atoms with Gasteiger partial charge in [0.05, 0.1) is 0 Å². The van der Waals surface area contributed by atoms with Gasteiger partial charge in [0.25, 0.3) is 0 Å². The second kappa shape index (κ2) is 9.81. The predicted molar refractivity (Wildman–Crippen MR) is 104 cm³/mol. The molecule has 0 aliphatic heterocycles. The summed E-state index contributed by atoms with van der Waals surface area (Å²) in [7, 11) is 0. The van der Waals surface area contributed by atoms with Crippen LogP contribution >= 0.6 is 95.6 Å². The third-order valence-electron chi connectivity index (χ3n) is 3.31. The fraction of sp³-hybridized carbons (Fsp3) is 1.00. The van der Waals surface area contributed by atoms with Crippen molar-refractivity contribution in [1.29, 1.82) is 0 Å². The quantitative estimate of drug-likeness (QED) is 0.252. The summed E-state index contributed by atoms with van der Waals surface area (Å²) in [5, 5.41) is 0. The Balaban J connectivity index is 2.71. The maximum absolute atomic E-state index is 3.84. The van der Waals surface area contributed by atoms with Crippen LogP contribution in [0.2, 0.25) is 0 Å². The third-order valence-corrected chi connectivity index (χ3v) is 13.6. The van der Waals surface area contributed by atoms with Crippen molar-refractivity contribution in [1.82, 2.24) is 0 Å². The minimum atomic E-state index is 0.394. The van der Waals surface area contributed by atoms with Gasteiger partial charge in [0.2, 0.25) is 0 Å². The van der Waals surface area contributed by atoms with Crippen molar-refractivity contribution in [2.24, 2.45) is 0 Å². The van der Waals surface area contributed by atoms with Gasteiger partial charge in [0, 0.05) is 29.0 Å². The van der Waals surface area contributed by atoms with Crippen molar-refractivity contribution in [3.8, 4) is 0 Å². The average Bonchev–Trinajstić information content (AvgIpc) is 2.37. The Bertz CT molecular complexity index is 213. The van der Waals surface area contributed by atoms with Gasteiger partial charge < -0.3 is 0 Å². The zero-order valence-corrected chi connectivity index (χ0v) is 19.5. The maximum atomic E-state index is 3.84. The smallest absolute Gasteiger partial charge is 0.0418 e. The monoisotopic (exact) mass is 636 g/mol. The minimum Gasteiger partial charge on any atom is -0.0878 e. The lowest BCUT2D eigenvalue weighted by Crippen LogP contribution is -2.39. The number of hydrogen-bond donors (Lipinski definition) is 0. The first-order valence-corrected chi connectivity index (χ1v) is 11.8. The lowest BCUT2D eigenvalue weighted by molar-refractivity contribution is 0.549. The molecule has 0 nitrogen and oxygen atoms in total. The van der Waals surface area contributed by atoms with Gasteiger partial charge in [-0.05, 0) is 12.8 Å². The molecule has 0 amide bonds. The lowest BCUT2D eigenvalue weighted by atomic mass is 10.0. The van der Waals surface area contributed by atoms with Gasteiger partial charge in [0.1, 0.15) is 0 Å². The highest BCUT2D eigenvalue weighted by Crippen LogP contribution is 2.37. The second-order valence-corrected chi connectivity index (χ2v) is 11.4. The molecule has 1 fully saturated rings. The largest absolute Gasteiger partial charge is 0.0878 e. The maximum Gasteiger partial charge on any atom is 0.0418 e. The van der Waals surface area contributed by atoms with E-state index in [9.17, 15) is 0 Å². The molecule has 0 spiro atoms.